The molecule has 0 bridgehead atoms. The van der Waals surface area contributed by atoms with Crippen LogP contribution >= 0.6 is 0 Å². The zero-order valence-corrected chi connectivity index (χ0v) is 23.2. The van der Waals surface area contributed by atoms with Crippen LogP contribution in [0.5, 0.6) is 11.5 Å². The van der Waals surface area contributed by atoms with Crippen LogP contribution < -0.4 is 9.47 Å². The summed E-state index contributed by atoms with van der Waals surface area (Å²) in [6.45, 7) is 5.95. The number of fused-ring (bicyclic) bond motifs is 2. The minimum atomic E-state index is -0.995. The second-order valence-corrected chi connectivity index (χ2v) is 11.8. The fourth-order valence-corrected chi connectivity index (χ4v) is 6.27. The summed E-state index contributed by atoms with van der Waals surface area (Å²) in [4.78, 5) is 11.6. The SMILES string of the molecule is COc1ccc(F)c(-c2ccc(COc3cc(F)c4c(c3F)[C@]3(CC4)C[C@@H]3C(=O)O)cc2[C@@H](OC)C(C)(C)C)c1. The Morgan fingerprint density at radius 3 is 2.42 bits per heavy atom. The topological polar surface area (TPSA) is 65.0 Å². The lowest BCUT2D eigenvalue weighted by atomic mass is 9.81. The Labute approximate surface area is 231 Å². The van der Waals surface area contributed by atoms with Crippen molar-refractivity contribution >= 4 is 5.97 Å². The highest BCUT2D eigenvalue weighted by atomic mass is 19.1. The average Bonchev–Trinajstić information content (AvgIpc) is 3.50. The second kappa shape index (κ2) is 10.1. The van der Waals surface area contributed by atoms with Crippen LogP contribution in [0.4, 0.5) is 13.2 Å². The lowest BCUT2D eigenvalue weighted by Gasteiger charge is -2.32. The summed E-state index contributed by atoms with van der Waals surface area (Å²) < 4.78 is 62.7. The van der Waals surface area contributed by atoms with Gasteiger partial charge in [-0.25, -0.2) is 13.2 Å². The normalized spacial score (nSPS) is 20.4. The summed E-state index contributed by atoms with van der Waals surface area (Å²) in [5.74, 6) is -3.16. The van der Waals surface area contributed by atoms with Crippen LogP contribution in [0.1, 0.15) is 62.0 Å². The van der Waals surface area contributed by atoms with Gasteiger partial charge in [-0.05, 0) is 71.2 Å². The number of halogens is 3. The Morgan fingerprint density at radius 2 is 1.80 bits per heavy atom. The second-order valence-electron chi connectivity index (χ2n) is 11.8. The number of hydrogen-bond donors (Lipinski definition) is 1. The Hall–Kier alpha value is -3.52. The molecule has 0 radical (unpaired) electrons. The molecule has 0 heterocycles. The maximum atomic E-state index is 15.7. The molecule has 2 aliphatic rings. The van der Waals surface area contributed by atoms with Crippen molar-refractivity contribution in [1.29, 1.82) is 0 Å². The lowest BCUT2D eigenvalue weighted by Crippen LogP contribution is -2.21. The molecule has 3 aromatic rings. The summed E-state index contributed by atoms with van der Waals surface area (Å²) in [6, 6.07) is 10.9. The van der Waals surface area contributed by atoms with E-state index in [2.05, 4.69) is 0 Å². The van der Waals surface area contributed by atoms with E-state index in [4.69, 9.17) is 14.2 Å². The van der Waals surface area contributed by atoms with E-state index < -0.39 is 40.9 Å². The highest BCUT2D eigenvalue weighted by Crippen LogP contribution is 2.63. The lowest BCUT2D eigenvalue weighted by molar-refractivity contribution is -0.139. The van der Waals surface area contributed by atoms with E-state index >= 15 is 8.78 Å². The number of benzene rings is 3. The molecule has 3 atom stereocenters. The molecule has 1 fully saturated rings. The fraction of sp³-hybridized carbons (Fsp3) is 0.406. The fourth-order valence-electron chi connectivity index (χ4n) is 6.27. The van der Waals surface area contributed by atoms with Crippen molar-refractivity contribution in [2.24, 2.45) is 11.3 Å². The number of aliphatic carboxylic acids is 1. The zero-order chi connectivity index (χ0) is 29.0. The van der Waals surface area contributed by atoms with Crippen LogP contribution in [0.3, 0.4) is 0 Å². The van der Waals surface area contributed by atoms with Gasteiger partial charge in [-0.15, -0.1) is 0 Å². The predicted octanol–water partition coefficient (Wildman–Crippen LogP) is 7.38. The Bertz CT molecular complexity index is 1480. The molecule has 0 amide bonds. The van der Waals surface area contributed by atoms with Gasteiger partial charge >= 0.3 is 5.97 Å². The number of carboxylic acids is 1. The van der Waals surface area contributed by atoms with E-state index in [1.54, 1.807) is 31.4 Å². The first-order valence-corrected chi connectivity index (χ1v) is 13.3. The maximum absolute atomic E-state index is 15.7. The number of carbonyl (C=O) groups is 1. The molecule has 0 unspecified atom stereocenters. The van der Waals surface area contributed by atoms with Gasteiger partial charge in [0.2, 0.25) is 0 Å². The third-order valence-corrected chi connectivity index (χ3v) is 8.25. The molecule has 40 heavy (non-hydrogen) atoms. The first-order chi connectivity index (χ1) is 18.9. The monoisotopic (exact) mass is 554 g/mol. The molecular weight excluding hydrogens is 521 g/mol. The van der Waals surface area contributed by atoms with E-state index in [9.17, 15) is 14.3 Å². The van der Waals surface area contributed by atoms with Crippen molar-refractivity contribution in [3.05, 3.63) is 82.2 Å². The Kier molecular flexibility index (Phi) is 7.11. The highest BCUT2D eigenvalue weighted by Gasteiger charge is 2.63. The average molecular weight is 555 g/mol. The minimum Gasteiger partial charge on any atom is -0.497 e. The first-order valence-electron chi connectivity index (χ1n) is 13.3. The third kappa shape index (κ3) is 4.72. The largest absolute Gasteiger partial charge is 0.497 e. The van der Waals surface area contributed by atoms with E-state index in [-0.39, 0.29) is 28.9 Å². The van der Waals surface area contributed by atoms with Crippen LogP contribution in [-0.2, 0) is 28.0 Å². The summed E-state index contributed by atoms with van der Waals surface area (Å²) in [7, 11) is 3.10. The number of carboxylic acid groups (broad SMARTS) is 1. The van der Waals surface area contributed by atoms with Crippen LogP contribution in [0, 0.1) is 28.8 Å². The summed E-state index contributed by atoms with van der Waals surface area (Å²) in [5, 5.41) is 9.50. The highest BCUT2D eigenvalue weighted by molar-refractivity contribution is 5.78. The minimum absolute atomic E-state index is 0.0844. The molecule has 5 nitrogen and oxygen atoms in total. The van der Waals surface area contributed by atoms with Gasteiger partial charge < -0.3 is 19.3 Å². The van der Waals surface area contributed by atoms with Crippen molar-refractivity contribution in [2.45, 2.75) is 58.2 Å². The summed E-state index contributed by atoms with van der Waals surface area (Å²) >= 11 is 0. The first kappa shape index (κ1) is 28.0. The maximum Gasteiger partial charge on any atom is 0.307 e. The number of hydrogen-bond acceptors (Lipinski definition) is 4. The van der Waals surface area contributed by atoms with Gasteiger partial charge in [0.1, 0.15) is 24.0 Å². The molecule has 8 heteroatoms. The van der Waals surface area contributed by atoms with Crippen molar-refractivity contribution in [3.8, 4) is 22.6 Å². The van der Waals surface area contributed by atoms with E-state index in [0.29, 0.717) is 47.3 Å². The molecule has 1 saturated carbocycles. The summed E-state index contributed by atoms with van der Waals surface area (Å²) in [6.07, 6.45) is 0.586. The molecule has 0 saturated heterocycles. The number of rotatable bonds is 8. The molecule has 0 aliphatic heterocycles. The Morgan fingerprint density at radius 1 is 1.05 bits per heavy atom. The Balaban J connectivity index is 1.51. The number of methoxy groups -OCH3 is 2. The van der Waals surface area contributed by atoms with Crippen LogP contribution in [0.15, 0.2) is 42.5 Å². The zero-order valence-electron chi connectivity index (χ0n) is 23.2. The summed E-state index contributed by atoms with van der Waals surface area (Å²) in [5.41, 5.74) is 1.50. The van der Waals surface area contributed by atoms with Gasteiger partial charge in [0.05, 0.1) is 19.1 Å². The molecule has 212 valence electrons. The molecular formula is C32H33F3O5. The molecule has 5 rings (SSSR count). The van der Waals surface area contributed by atoms with Gasteiger partial charge in [-0.3, -0.25) is 4.79 Å². The van der Waals surface area contributed by atoms with Gasteiger partial charge in [0.25, 0.3) is 0 Å². The van der Waals surface area contributed by atoms with Crippen LogP contribution in [0.25, 0.3) is 11.1 Å². The van der Waals surface area contributed by atoms with E-state index in [1.807, 2.05) is 26.8 Å². The van der Waals surface area contributed by atoms with Gasteiger partial charge in [-0.1, -0.05) is 32.9 Å². The quantitative estimate of drug-likeness (QED) is 0.315. The standard InChI is InChI=1S/C32H33F3O5/c1-31(2,3)29(39-5)22-12-17(6-8-19(22)21-13-18(38-4)7-9-24(21)33)16-40-26-14-25(34)20-10-11-32(27(20)28(26)35)15-23(32)30(36)37/h6-9,12-14,23,29H,10-11,15-16H2,1-5H3,(H,36,37)/t23-,29-,32-/m1/s1. The third-order valence-electron chi connectivity index (χ3n) is 8.25. The van der Waals surface area contributed by atoms with Crippen molar-refractivity contribution < 1.29 is 37.3 Å². The van der Waals surface area contributed by atoms with E-state index in [0.717, 1.165) is 6.07 Å². The van der Waals surface area contributed by atoms with Crippen molar-refractivity contribution in [3.63, 3.8) is 0 Å². The molecule has 3 aromatic carbocycles. The van der Waals surface area contributed by atoms with Gasteiger partial charge in [0.15, 0.2) is 11.6 Å². The van der Waals surface area contributed by atoms with Crippen LogP contribution in [0.2, 0.25) is 0 Å². The van der Waals surface area contributed by atoms with Gasteiger partial charge in [-0.2, -0.15) is 0 Å². The molecule has 2 aliphatic carbocycles. The van der Waals surface area contributed by atoms with Crippen molar-refractivity contribution in [2.75, 3.05) is 14.2 Å². The number of ether oxygens (including phenoxy) is 3. The smallest absolute Gasteiger partial charge is 0.307 e. The van der Waals surface area contributed by atoms with Gasteiger partial charge in [0, 0.05) is 29.7 Å². The molecule has 0 aromatic heterocycles. The molecule has 1 spiro atoms. The molecule has 1 N–H and O–H groups in total. The van der Waals surface area contributed by atoms with Crippen molar-refractivity contribution in [1.82, 2.24) is 0 Å². The predicted molar refractivity (Wildman–Crippen MR) is 144 cm³/mol. The van der Waals surface area contributed by atoms with E-state index in [1.165, 1.54) is 13.2 Å². The van der Waals surface area contributed by atoms with Crippen LogP contribution in [-0.4, -0.2) is 25.3 Å².